The number of hydrogen-bond donors (Lipinski definition) is 1. The normalized spacial score (nSPS) is 10.8. The molecule has 2 aromatic carbocycles. The number of anilines is 3. The van der Waals surface area contributed by atoms with Crippen LogP contribution in [0.15, 0.2) is 53.3 Å². The van der Waals surface area contributed by atoms with Gasteiger partial charge in [0.2, 0.25) is 0 Å². The van der Waals surface area contributed by atoms with Gasteiger partial charge < -0.3 is 10.6 Å². The first-order valence-corrected chi connectivity index (χ1v) is 7.53. The van der Waals surface area contributed by atoms with Gasteiger partial charge in [0, 0.05) is 11.9 Å². The number of nitrogens with zero attached hydrogens (tertiary/aromatic N) is 3. The van der Waals surface area contributed by atoms with Crippen LogP contribution in [0.5, 0.6) is 0 Å². The fourth-order valence-corrected chi connectivity index (χ4v) is 2.86. The minimum absolute atomic E-state index is 0.443. The lowest BCUT2D eigenvalue weighted by Gasteiger charge is -2.24. The topological polar surface area (TPSA) is 55.0 Å². The second-order valence-electron chi connectivity index (χ2n) is 4.64. The second-order valence-corrected chi connectivity index (χ2v) is 5.43. The van der Waals surface area contributed by atoms with Crippen molar-refractivity contribution in [2.24, 2.45) is 0 Å². The van der Waals surface area contributed by atoms with Gasteiger partial charge in [-0.1, -0.05) is 36.4 Å². The van der Waals surface area contributed by atoms with Gasteiger partial charge in [-0.05, 0) is 34.3 Å². The van der Waals surface area contributed by atoms with Crippen molar-refractivity contribution in [3.05, 3.63) is 53.3 Å². The van der Waals surface area contributed by atoms with Gasteiger partial charge in [-0.2, -0.15) is 0 Å². The number of hydrogen-bond acceptors (Lipinski definition) is 4. The highest BCUT2D eigenvalue weighted by Crippen LogP contribution is 2.35. The maximum absolute atomic E-state index is 5.88. The average molecular weight is 343 g/mol. The van der Waals surface area contributed by atoms with E-state index in [4.69, 9.17) is 5.73 Å². The van der Waals surface area contributed by atoms with E-state index in [-0.39, 0.29) is 0 Å². The summed E-state index contributed by atoms with van der Waals surface area (Å²) in [6.45, 7) is 2.87. The molecule has 3 aromatic rings. The second kappa shape index (κ2) is 5.69. The van der Waals surface area contributed by atoms with E-state index in [1.165, 1.54) is 17.1 Å². The lowest BCUT2D eigenvalue weighted by atomic mass is 10.1. The van der Waals surface area contributed by atoms with Gasteiger partial charge in [0.05, 0.1) is 5.69 Å². The molecule has 5 heteroatoms. The summed E-state index contributed by atoms with van der Waals surface area (Å²) in [6.07, 6.45) is 1.49. The van der Waals surface area contributed by atoms with E-state index in [9.17, 15) is 0 Å². The Balaban J connectivity index is 2.21. The summed E-state index contributed by atoms with van der Waals surface area (Å²) in [5.74, 6) is 1.22. The Bertz CT molecular complexity index is 783. The summed E-state index contributed by atoms with van der Waals surface area (Å²) in [6, 6.07) is 14.6. The number of aromatic nitrogens is 2. The molecule has 0 unspecified atom stereocenters. The molecule has 0 saturated carbocycles. The minimum atomic E-state index is 0.443. The van der Waals surface area contributed by atoms with Crippen LogP contribution in [0.2, 0.25) is 0 Å². The highest BCUT2D eigenvalue weighted by atomic mass is 79.9. The number of halogens is 1. The molecule has 0 saturated heterocycles. The van der Waals surface area contributed by atoms with E-state index in [2.05, 4.69) is 68.1 Å². The SMILES string of the molecule is CCN(c1ncnc(N)c1Br)c1cccc2ccccc12. The maximum atomic E-state index is 5.88. The maximum Gasteiger partial charge on any atom is 0.152 e. The molecule has 0 spiro atoms. The van der Waals surface area contributed by atoms with E-state index in [0.717, 1.165) is 22.5 Å². The fourth-order valence-electron chi connectivity index (χ4n) is 2.44. The van der Waals surface area contributed by atoms with Crippen LogP contribution >= 0.6 is 15.9 Å². The van der Waals surface area contributed by atoms with Crippen LogP contribution < -0.4 is 10.6 Å². The molecular formula is C16H15BrN4. The smallest absolute Gasteiger partial charge is 0.152 e. The van der Waals surface area contributed by atoms with Crippen LogP contribution in [-0.4, -0.2) is 16.5 Å². The first-order chi connectivity index (χ1) is 10.2. The molecule has 4 nitrogen and oxygen atoms in total. The monoisotopic (exact) mass is 342 g/mol. The van der Waals surface area contributed by atoms with Crippen molar-refractivity contribution in [2.45, 2.75) is 6.92 Å². The number of nitrogens with two attached hydrogens (primary N) is 1. The molecule has 2 N–H and O–H groups in total. The van der Waals surface area contributed by atoms with Crippen molar-refractivity contribution in [1.29, 1.82) is 0 Å². The van der Waals surface area contributed by atoms with Gasteiger partial charge in [0.1, 0.15) is 16.6 Å². The van der Waals surface area contributed by atoms with Crippen molar-refractivity contribution in [3.63, 3.8) is 0 Å². The first kappa shape index (κ1) is 13.8. The van der Waals surface area contributed by atoms with Crippen molar-refractivity contribution in [1.82, 2.24) is 9.97 Å². The predicted molar refractivity (Wildman–Crippen MR) is 90.8 cm³/mol. The molecule has 0 amide bonds. The van der Waals surface area contributed by atoms with Gasteiger partial charge in [0.15, 0.2) is 5.82 Å². The standard InChI is InChI=1S/C16H15BrN4/c1-2-21(16-14(17)15(18)19-10-20-16)13-9-5-7-11-6-3-4-8-12(11)13/h3-10H,2H2,1H3,(H2,18,19,20). The fraction of sp³-hybridized carbons (Fsp3) is 0.125. The molecular weight excluding hydrogens is 328 g/mol. The molecule has 1 heterocycles. The van der Waals surface area contributed by atoms with E-state index >= 15 is 0 Å². The van der Waals surface area contributed by atoms with E-state index < -0.39 is 0 Å². The van der Waals surface area contributed by atoms with E-state index in [1.54, 1.807) is 0 Å². The lowest BCUT2D eigenvalue weighted by molar-refractivity contribution is 0.976. The van der Waals surface area contributed by atoms with Crippen LogP contribution in [0.3, 0.4) is 0 Å². The molecule has 0 aliphatic carbocycles. The van der Waals surface area contributed by atoms with Crippen molar-refractivity contribution in [2.75, 3.05) is 17.2 Å². The van der Waals surface area contributed by atoms with Gasteiger partial charge in [-0.25, -0.2) is 9.97 Å². The third-order valence-electron chi connectivity index (χ3n) is 3.43. The quantitative estimate of drug-likeness (QED) is 0.777. The van der Waals surface area contributed by atoms with Crippen LogP contribution in [-0.2, 0) is 0 Å². The summed E-state index contributed by atoms with van der Waals surface area (Å²) in [4.78, 5) is 10.5. The average Bonchev–Trinajstić information content (AvgIpc) is 2.52. The van der Waals surface area contributed by atoms with Crippen LogP contribution in [0.25, 0.3) is 10.8 Å². The Hall–Kier alpha value is -2.14. The summed E-state index contributed by atoms with van der Waals surface area (Å²) in [5, 5.41) is 2.39. The summed E-state index contributed by atoms with van der Waals surface area (Å²) >= 11 is 3.49. The zero-order chi connectivity index (χ0) is 14.8. The Labute approximate surface area is 131 Å². The van der Waals surface area contributed by atoms with Crippen molar-refractivity contribution >= 4 is 44.0 Å². The number of nitrogen functional groups attached to an aromatic ring is 1. The zero-order valence-electron chi connectivity index (χ0n) is 11.6. The van der Waals surface area contributed by atoms with Crippen molar-refractivity contribution in [3.8, 4) is 0 Å². The Morgan fingerprint density at radius 1 is 1.10 bits per heavy atom. The highest BCUT2D eigenvalue weighted by Gasteiger charge is 2.16. The molecule has 106 valence electrons. The number of fused-ring (bicyclic) bond motifs is 1. The molecule has 0 aliphatic heterocycles. The summed E-state index contributed by atoms with van der Waals surface area (Å²) in [5.41, 5.74) is 6.99. The van der Waals surface area contributed by atoms with E-state index in [1.807, 2.05) is 12.1 Å². The van der Waals surface area contributed by atoms with Crippen LogP contribution in [0.4, 0.5) is 17.3 Å². The number of rotatable bonds is 3. The Morgan fingerprint density at radius 2 is 1.86 bits per heavy atom. The first-order valence-electron chi connectivity index (χ1n) is 6.73. The summed E-state index contributed by atoms with van der Waals surface area (Å²) in [7, 11) is 0. The molecule has 0 bridgehead atoms. The Morgan fingerprint density at radius 3 is 2.67 bits per heavy atom. The van der Waals surface area contributed by atoms with E-state index in [0.29, 0.717) is 5.82 Å². The van der Waals surface area contributed by atoms with Gasteiger partial charge in [-0.15, -0.1) is 0 Å². The number of benzene rings is 2. The highest BCUT2D eigenvalue weighted by molar-refractivity contribution is 9.10. The summed E-state index contributed by atoms with van der Waals surface area (Å²) < 4.78 is 0.722. The molecule has 0 atom stereocenters. The zero-order valence-corrected chi connectivity index (χ0v) is 13.2. The lowest BCUT2D eigenvalue weighted by Crippen LogP contribution is -2.19. The molecule has 3 rings (SSSR count). The third kappa shape index (κ3) is 2.45. The van der Waals surface area contributed by atoms with Crippen molar-refractivity contribution < 1.29 is 0 Å². The molecule has 1 aromatic heterocycles. The predicted octanol–water partition coefficient (Wildman–Crippen LogP) is 4.13. The minimum Gasteiger partial charge on any atom is -0.383 e. The Kier molecular flexibility index (Phi) is 3.75. The van der Waals surface area contributed by atoms with Crippen LogP contribution in [0, 0.1) is 0 Å². The molecule has 0 fully saturated rings. The molecule has 21 heavy (non-hydrogen) atoms. The molecule has 0 radical (unpaired) electrons. The largest absolute Gasteiger partial charge is 0.383 e. The molecule has 0 aliphatic rings. The third-order valence-corrected chi connectivity index (χ3v) is 4.19. The van der Waals surface area contributed by atoms with Gasteiger partial charge in [0.25, 0.3) is 0 Å². The van der Waals surface area contributed by atoms with Gasteiger partial charge in [-0.3, -0.25) is 0 Å². The van der Waals surface area contributed by atoms with Crippen LogP contribution in [0.1, 0.15) is 6.92 Å². The van der Waals surface area contributed by atoms with Gasteiger partial charge >= 0.3 is 0 Å².